The van der Waals surface area contributed by atoms with Crippen molar-refractivity contribution in [3.05, 3.63) is 46.8 Å². The average Bonchev–Trinajstić information content (AvgIpc) is 3.04. The van der Waals surface area contributed by atoms with Gasteiger partial charge in [0.25, 0.3) is 0 Å². The highest BCUT2D eigenvalue weighted by atomic mass is 35.5. The van der Waals surface area contributed by atoms with Crippen LogP contribution in [0.5, 0.6) is 0 Å². The Labute approximate surface area is 119 Å². The molecule has 1 aromatic heterocycles. The summed E-state index contributed by atoms with van der Waals surface area (Å²) in [6.45, 7) is 0.917. The topological polar surface area (TPSA) is 59.2 Å². The number of nitrogens with zero attached hydrogens (tertiary/aromatic N) is 3. The van der Waals surface area contributed by atoms with Gasteiger partial charge in [0.2, 0.25) is 12.3 Å². The van der Waals surface area contributed by atoms with Crippen molar-refractivity contribution in [1.29, 1.82) is 0 Å². The molecule has 2 heterocycles. The minimum atomic E-state index is -0.465. The Morgan fingerprint density at radius 2 is 2.35 bits per heavy atom. The van der Waals surface area contributed by atoms with Crippen LogP contribution in [0.3, 0.4) is 0 Å². The van der Waals surface area contributed by atoms with Crippen LogP contribution in [0, 0.1) is 5.82 Å². The van der Waals surface area contributed by atoms with Crippen LogP contribution in [0.4, 0.5) is 4.39 Å². The van der Waals surface area contributed by atoms with Crippen molar-refractivity contribution in [1.82, 2.24) is 15.0 Å². The summed E-state index contributed by atoms with van der Waals surface area (Å²) in [5.74, 6) is 0.0308. The molecule has 0 N–H and O–H groups in total. The molecule has 104 valence electrons. The molecule has 1 atom stereocenters. The molecular formula is C13H11ClFN3O2. The lowest BCUT2D eigenvalue weighted by molar-refractivity contribution is -0.128. The van der Waals surface area contributed by atoms with Gasteiger partial charge in [0.1, 0.15) is 5.82 Å². The average molecular weight is 296 g/mol. The van der Waals surface area contributed by atoms with Crippen LogP contribution in [-0.2, 0) is 11.3 Å². The van der Waals surface area contributed by atoms with Crippen LogP contribution in [0.25, 0.3) is 0 Å². The molecule has 5 nitrogen and oxygen atoms in total. The number of halogens is 2. The van der Waals surface area contributed by atoms with Crippen molar-refractivity contribution in [2.75, 3.05) is 6.54 Å². The summed E-state index contributed by atoms with van der Waals surface area (Å²) in [5, 5.41) is 3.82. The summed E-state index contributed by atoms with van der Waals surface area (Å²) in [7, 11) is 0. The molecular weight excluding hydrogens is 285 g/mol. The van der Waals surface area contributed by atoms with Crippen LogP contribution >= 0.6 is 11.6 Å². The maximum Gasteiger partial charge on any atom is 0.223 e. The lowest BCUT2D eigenvalue weighted by Crippen LogP contribution is -2.24. The Hall–Kier alpha value is -1.95. The lowest BCUT2D eigenvalue weighted by Gasteiger charge is -2.16. The van der Waals surface area contributed by atoms with Crippen molar-refractivity contribution in [3.8, 4) is 0 Å². The number of aromatic nitrogens is 2. The molecule has 0 aliphatic carbocycles. The predicted octanol–water partition coefficient (Wildman–Crippen LogP) is 2.38. The second kappa shape index (κ2) is 5.20. The number of carbonyl (C=O) groups is 1. The van der Waals surface area contributed by atoms with Crippen LogP contribution in [-0.4, -0.2) is 27.5 Å². The zero-order chi connectivity index (χ0) is 14.1. The molecule has 1 fully saturated rings. The van der Waals surface area contributed by atoms with Gasteiger partial charge >= 0.3 is 0 Å². The molecule has 0 radical (unpaired) electrons. The fourth-order valence-electron chi connectivity index (χ4n) is 2.31. The molecule has 2 aromatic rings. The Morgan fingerprint density at radius 1 is 1.50 bits per heavy atom. The highest BCUT2D eigenvalue weighted by Gasteiger charge is 2.33. The molecule has 0 bridgehead atoms. The summed E-state index contributed by atoms with van der Waals surface area (Å²) in [4.78, 5) is 17.6. The van der Waals surface area contributed by atoms with E-state index in [2.05, 4.69) is 10.1 Å². The van der Waals surface area contributed by atoms with Crippen LogP contribution in [0.2, 0.25) is 5.02 Å². The van der Waals surface area contributed by atoms with Gasteiger partial charge in [-0.3, -0.25) is 4.79 Å². The van der Waals surface area contributed by atoms with E-state index in [0.29, 0.717) is 25.3 Å². The number of likely N-dealkylation sites (tertiary alicyclic amines) is 1. The molecule has 1 aromatic carbocycles. The molecule has 3 rings (SSSR count). The smallest absolute Gasteiger partial charge is 0.223 e. The fraction of sp³-hybridized carbons (Fsp3) is 0.308. The third-order valence-corrected chi connectivity index (χ3v) is 3.61. The van der Waals surface area contributed by atoms with Crippen molar-refractivity contribution in [3.63, 3.8) is 0 Å². The molecule has 0 spiro atoms. The van der Waals surface area contributed by atoms with E-state index in [1.807, 2.05) is 0 Å². The van der Waals surface area contributed by atoms with Gasteiger partial charge in [-0.1, -0.05) is 22.8 Å². The monoisotopic (exact) mass is 295 g/mol. The number of carbonyl (C=O) groups excluding carboxylic acids is 1. The van der Waals surface area contributed by atoms with Gasteiger partial charge in [-0.15, -0.1) is 0 Å². The number of rotatable bonds is 3. The summed E-state index contributed by atoms with van der Waals surface area (Å²) in [6, 6.07) is 4.46. The van der Waals surface area contributed by atoms with Crippen LogP contribution in [0.1, 0.15) is 23.7 Å². The number of hydrogen-bond donors (Lipinski definition) is 0. The Kier molecular flexibility index (Phi) is 3.40. The normalized spacial score (nSPS) is 18.8. The highest BCUT2D eigenvalue weighted by molar-refractivity contribution is 6.30. The summed E-state index contributed by atoms with van der Waals surface area (Å²) in [6.07, 6.45) is 1.61. The SMILES string of the molecule is O=C1CC(c2ncon2)CN1Cc1ccc(F)c(Cl)c1. The Bertz CT molecular complexity index is 633. The zero-order valence-electron chi connectivity index (χ0n) is 10.4. The van der Waals surface area contributed by atoms with Gasteiger partial charge in [-0.2, -0.15) is 4.98 Å². The van der Waals surface area contributed by atoms with E-state index in [1.54, 1.807) is 11.0 Å². The van der Waals surface area contributed by atoms with Gasteiger partial charge in [0, 0.05) is 25.4 Å². The van der Waals surface area contributed by atoms with E-state index >= 15 is 0 Å². The molecule has 7 heteroatoms. The fourth-order valence-corrected chi connectivity index (χ4v) is 2.52. The third-order valence-electron chi connectivity index (χ3n) is 3.32. The number of amides is 1. The van der Waals surface area contributed by atoms with Gasteiger partial charge < -0.3 is 9.42 Å². The first-order valence-corrected chi connectivity index (χ1v) is 6.49. The number of hydrogen-bond acceptors (Lipinski definition) is 4. The second-order valence-electron chi connectivity index (χ2n) is 4.71. The van der Waals surface area contributed by atoms with E-state index in [9.17, 15) is 9.18 Å². The molecule has 1 aliphatic rings. The van der Waals surface area contributed by atoms with Gasteiger partial charge in [-0.05, 0) is 17.7 Å². The second-order valence-corrected chi connectivity index (χ2v) is 5.12. The maximum atomic E-state index is 13.1. The van der Waals surface area contributed by atoms with E-state index in [1.165, 1.54) is 18.5 Å². The first-order chi connectivity index (χ1) is 9.63. The van der Waals surface area contributed by atoms with E-state index in [0.717, 1.165) is 5.56 Å². The molecule has 1 aliphatic heterocycles. The molecule has 1 saturated heterocycles. The van der Waals surface area contributed by atoms with Gasteiger partial charge in [0.05, 0.1) is 5.02 Å². The largest absolute Gasteiger partial charge is 0.343 e. The van der Waals surface area contributed by atoms with Crippen molar-refractivity contribution < 1.29 is 13.7 Å². The molecule has 1 unspecified atom stereocenters. The first-order valence-electron chi connectivity index (χ1n) is 6.11. The quantitative estimate of drug-likeness (QED) is 0.872. The molecule has 20 heavy (non-hydrogen) atoms. The highest BCUT2D eigenvalue weighted by Crippen LogP contribution is 2.27. The maximum absolute atomic E-state index is 13.1. The lowest BCUT2D eigenvalue weighted by atomic mass is 10.1. The van der Waals surface area contributed by atoms with Crippen molar-refractivity contribution >= 4 is 17.5 Å². The van der Waals surface area contributed by atoms with Crippen LogP contribution < -0.4 is 0 Å². The van der Waals surface area contributed by atoms with E-state index in [-0.39, 0.29) is 16.8 Å². The minimum Gasteiger partial charge on any atom is -0.343 e. The zero-order valence-corrected chi connectivity index (χ0v) is 11.2. The van der Waals surface area contributed by atoms with Gasteiger partial charge in [-0.25, -0.2) is 4.39 Å². The van der Waals surface area contributed by atoms with E-state index in [4.69, 9.17) is 16.1 Å². The van der Waals surface area contributed by atoms with Gasteiger partial charge in [0.15, 0.2) is 5.82 Å². The standard InChI is InChI=1S/C13H11ClFN3O2/c14-10-3-8(1-2-11(10)15)5-18-6-9(4-12(18)19)13-16-7-20-17-13/h1-3,7,9H,4-6H2. The van der Waals surface area contributed by atoms with E-state index < -0.39 is 5.82 Å². The summed E-state index contributed by atoms with van der Waals surface area (Å²) in [5.41, 5.74) is 0.790. The van der Waals surface area contributed by atoms with Crippen molar-refractivity contribution in [2.24, 2.45) is 0 Å². The van der Waals surface area contributed by atoms with Crippen molar-refractivity contribution in [2.45, 2.75) is 18.9 Å². The minimum absolute atomic E-state index is 0.0141. The number of benzene rings is 1. The predicted molar refractivity (Wildman–Crippen MR) is 68.5 cm³/mol. The Morgan fingerprint density at radius 3 is 3.05 bits per heavy atom. The summed E-state index contributed by atoms with van der Waals surface area (Å²) < 4.78 is 17.8. The molecule has 0 saturated carbocycles. The Balaban J connectivity index is 1.72. The molecule has 1 amide bonds. The third kappa shape index (κ3) is 2.51. The first kappa shape index (κ1) is 13.1. The summed E-state index contributed by atoms with van der Waals surface area (Å²) >= 11 is 5.73. The van der Waals surface area contributed by atoms with Crippen LogP contribution in [0.15, 0.2) is 29.1 Å².